The first-order valence-electron chi connectivity index (χ1n) is 16.7. The highest BCUT2D eigenvalue weighted by atomic mass is 32.1. The number of esters is 1. The highest BCUT2D eigenvalue weighted by Gasteiger charge is 2.61. The number of aromatic nitrogens is 2. The van der Waals surface area contributed by atoms with Crippen molar-refractivity contribution in [3.8, 4) is 16.5 Å². The molecule has 11 nitrogen and oxygen atoms in total. The lowest BCUT2D eigenvalue weighted by Crippen LogP contribution is -2.57. The van der Waals surface area contributed by atoms with E-state index in [1.165, 1.54) is 16.2 Å². The van der Waals surface area contributed by atoms with Crippen molar-refractivity contribution in [3.05, 3.63) is 54.4 Å². The van der Waals surface area contributed by atoms with Gasteiger partial charge in [0.25, 0.3) is 0 Å². The number of para-hydroxylation sites is 2. The number of carbonyl (C=O) groups is 4. The molecule has 1 saturated heterocycles. The number of amides is 2. The number of alkyl carbamates (subject to hydrolysis) is 1. The zero-order chi connectivity index (χ0) is 35.7. The molecule has 0 bridgehead atoms. The second-order valence-corrected chi connectivity index (χ2v) is 15.8. The number of benzene rings is 1. The second kappa shape index (κ2) is 13.9. The molecule has 0 spiro atoms. The molecule has 49 heavy (non-hydrogen) atoms. The molecule has 2 fully saturated rings. The minimum absolute atomic E-state index is 0.0491. The number of ketones is 1. The Balaban J connectivity index is 1.49. The Kier molecular flexibility index (Phi) is 10.2. The quantitative estimate of drug-likeness (QED) is 0.180. The van der Waals surface area contributed by atoms with Crippen LogP contribution in [0.1, 0.15) is 67.7 Å². The van der Waals surface area contributed by atoms with Gasteiger partial charge in [-0.2, -0.15) is 0 Å². The molecule has 262 valence electrons. The van der Waals surface area contributed by atoms with E-state index in [4.69, 9.17) is 24.2 Å². The van der Waals surface area contributed by atoms with E-state index in [2.05, 4.69) is 11.9 Å². The third-order valence-corrected chi connectivity index (χ3v) is 9.73. The topological polar surface area (TPSA) is 137 Å². The fourth-order valence-corrected chi connectivity index (χ4v) is 7.03. The van der Waals surface area contributed by atoms with Gasteiger partial charge in [0.05, 0.1) is 40.5 Å². The Labute approximate surface area is 291 Å². The predicted molar refractivity (Wildman–Crippen MR) is 187 cm³/mol. The summed E-state index contributed by atoms with van der Waals surface area (Å²) in [5.41, 5.74) is -0.625. The second-order valence-electron chi connectivity index (χ2n) is 14.8. The van der Waals surface area contributed by atoms with Crippen LogP contribution in [0.3, 0.4) is 0 Å². The minimum Gasteiger partial charge on any atom is -0.471 e. The molecule has 2 aromatic heterocycles. The number of hydrogen-bond donors (Lipinski definition) is 1. The van der Waals surface area contributed by atoms with Gasteiger partial charge in [-0.25, -0.2) is 14.8 Å². The van der Waals surface area contributed by atoms with Crippen LogP contribution < -0.4 is 10.1 Å². The van der Waals surface area contributed by atoms with Crippen LogP contribution in [-0.4, -0.2) is 75.6 Å². The van der Waals surface area contributed by atoms with Crippen LogP contribution in [0.15, 0.2) is 54.4 Å². The number of allylic oxidation sites excluding steroid dienone is 1. The molecule has 1 aliphatic carbocycles. The van der Waals surface area contributed by atoms with E-state index in [1.807, 2.05) is 62.5 Å². The number of fused-ring (bicyclic) bond motifs is 1. The van der Waals surface area contributed by atoms with E-state index in [-0.39, 0.29) is 37.7 Å². The molecule has 1 saturated carbocycles. The molecule has 2 aliphatic rings. The molecule has 1 N–H and O–H groups in total. The molecule has 3 aromatic rings. The Bertz CT molecular complexity index is 1730. The van der Waals surface area contributed by atoms with Crippen molar-refractivity contribution in [1.82, 2.24) is 20.2 Å². The zero-order valence-corrected chi connectivity index (χ0v) is 30.1. The molecule has 0 radical (unpaired) electrons. The van der Waals surface area contributed by atoms with Gasteiger partial charge in [-0.1, -0.05) is 45.0 Å². The molecule has 0 unspecified atom stereocenters. The summed E-state index contributed by atoms with van der Waals surface area (Å²) in [4.78, 5) is 66.8. The van der Waals surface area contributed by atoms with Crippen molar-refractivity contribution in [2.75, 3.05) is 13.2 Å². The molecule has 1 aromatic carbocycles. The number of rotatable bonds is 11. The molecule has 5 atom stereocenters. The molecule has 12 heteroatoms. The summed E-state index contributed by atoms with van der Waals surface area (Å²) in [5, 5.41) is 4.70. The van der Waals surface area contributed by atoms with Gasteiger partial charge in [0, 0.05) is 12.8 Å². The lowest BCUT2D eigenvalue weighted by molar-refractivity contribution is -0.152. The summed E-state index contributed by atoms with van der Waals surface area (Å²) in [5.74, 6) is -1.09. The summed E-state index contributed by atoms with van der Waals surface area (Å²) >= 11 is 1.50. The number of nitrogens with one attached hydrogen (secondary N) is 1. The first-order chi connectivity index (χ1) is 23.1. The minimum atomic E-state index is -1.03. The average molecular weight is 691 g/mol. The summed E-state index contributed by atoms with van der Waals surface area (Å²) in [6.07, 6.45) is 0.795. The van der Waals surface area contributed by atoms with Crippen LogP contribution in [-0.2, 0) is 23.9 Å². The highest BCUT2D eigenvalue weighted by Crippen LogP contribution is 2.57. The normalized spacial score (nSPS) is 22.7. The van der Waals surface area contributed by atoms with Crippen molar-refractivity contribution in [2.45, 2.75) is 91.5 Å². The van der Waals surface area contributed by atoms with Crippen molar-refractivity contribution in [3.63, 3.8) is 0 Å². The van der Waals surface area contributed by atoms with E-state index >= 15 is 0 Å². The van der Waals surface area contributed by atoms with Gasteiger partial charge in [-0.3, -0.25) is 14.4 Å². The Morgan fingerprint density at radius 3 is 2.35 bits per heavy atom. The van der Waals surface area contributed by atoms with E-state index < -0.39 is 52.6 Å². The van der Waals surface area contributed by atoms with Gasteiger partial charge in [-0.15, -0.1) is 17.9 Å². The van der Waals surface area contributed by atoms with E-state index in [9.17, 15) is 19.2 Å². The summed E-state index contributed by atoms with van der Waals surface area (Å²) in [7, 11) is 0. The van der Waals surface area contributed by atoms with Crippen molar-refractivity contribution >= 4 is 46.1 Å². The van der Waals surface area contributed by atoms with Gasteiger partial charge in [0.1, 0.15) is 23.4 Å². The van der Waals surface area contributed by atoms with Gasteiger partial charge in [-0.05, 0) is 69.0 Å². The third kappa shape index (κ3) is 7.95. The van der Waals surface area contributed by atoms with Gasteiger partial charge in [0.15, 0.2) is 5.78 Å². The van der Waals surface area contributed by atoms with E-state index in [1.54, 1.807) is 33.8 Å². The maximum atomic E-state index is 14.5. The van der Waals surface area contributed by atoms with Crippen LogP contribution in [0.25, 0.3) is 21.6 Å². The van der Waals surface area contributed by atoms with Gasteiger partial charge >= 0.3 is 12.1 Å². The molecule has 3 heterocycles. The lowest BCUT2D eigenvalue weighted by Gasteiger charge is -2.35. The third-order valence-electron chi connectivity index (χ3n) is 8.85. The van der Waals surface area contributed by atoms with E-state index in [0.717, 1.165) is 4.88 Å². The Morgan fingerprint density at radius 2 is 1.78 bits per heavy atom. The zero-order valence-electron chi connectivity index (χ0n) is 29.3. The molecule has 1 aliphatic heterocycles. The summed E-state index contributed by atoms with van der Waals surface area (Å²) < 4.78 is 17.4. The molecular formula is C37H46N4O7S. The van der Waals surface area contributed by atoms with Crippen LogP contribution >= 0.6 is 11.3 Å². The molecule has 2 amide bonds. The Hall–Kier alpha value is -4.32. The molecular weight excluding hydrogens is 644 g/mol. The van der Waals surface area contributed by atoms with Crippen molar-refractivity contribution in [2.24, 2.45) is 16.7 Å². The number of carbonyl (C=O) groups excluding carboxylic acids is 4. The number of thiophene rings is 1. The number of likely N-dealkylation sites (tertiary alicyclic amines) is 1. The number of ether oxygens (including phenoxy) is 3. The number of Topliss-reactive ketones (excluding diaryl/α,β-unsaturated/α-hetero) is 1. The van der Waals surface area contributed by atoms with Crippen LogP contribution in [0, 0.1) is 16.7 Å². The van der Waals surface area contributed by atoms with Crippen LogP contribution in [0.4, 0.5) is 4.79 Å². The Morgan fingerprint density at radius 1 is 1.08 bits per heavy atom. The lowest BCUT2D eigenvalue weighted by atomic mass is 9.85. The molecule has 5 rings (SSSR count). The van der Waals surface area contributed by atoms with Crippen molar-refractivity contribution < 1.29 is 33.4 Å². The average Bonchev–Trinajstić information content (AvgIpc) is 3.32. The SMILES string of the molecule is C=C[C@@H]1C[C@]1(CC(=O)[C@@H]1C[C@@H](Oc2nc3ccccc3nc2-c2cccs2)CN1C(=O)[C@@H](NC(=O)OC(C)(C)C)C(C)(C)C)C(=O)OCC. The fraction of sp³-hybridized carbons (Fsp3) is 0.514. The number of nitrogens with zero attached hydrogens (tertiary/aromatic N) is 3. The van der Waals surface area contributed by atoms with E-state index in [0.29, 0.717) is 29.0 Å². The summed E-state index contributed by atoms with van der Waals surface area (Å²) in [6, 6.07) is 9.38. The maximum absolute atomic E-state index is 14.5. The first-order valence-corrected chi connectivity index (χ1v) is 17.5. The van der Waals surface area contributed by atoms with Gasteiger partial charge in [0.2, 0.25) is 11.8 Å². The van der Waals surface area contributed by atoms with Crippen molar-refractivity contribution in [1.29, 1.82) is 0 Å². The maximum Gasteiger partial charge on any atom is 0.408 e. The van der Waals surface area contributed by atoms with Crippen LogP contribution in [0.5, 0.6) is 5.88 Å². The van der Waals surface area contributed by atoms with Gasteiger partial charge < -0.3 is 24.4 Å². The summed E-state index contributed by atoms with van der Waals surface area (Å²) in [6.45, 7) is 16.5. The number of hydrogen-bond acceptors (Lipinski definition) is 10. The highest BCUT2D eigenvalue weighted by molar-refractivity contribution is 7.13. The smallest absolute Gasteiger partial charge is 0.408 e. The predicted octanol–water partition coefficient (Wildman–Crippen LogP) is 6.36. The largest absolute Gasteiger partial charge is 0.471 e. The first kappa shape index (κ1) is 36.0. The monoisotopic (exact) mass is 690 g/mol. The standard InChI is InChI=1S/C37H46N4O7S/c1-9-22-19-37(22,33(44)46-10-2)20-27(42)26-18-23(21-41(26)32(43)30(35(3,4)5)40-34(45)48-36(6,7)8)47-31-29(28-16-13-17-49-28)38-24-14-11-12-15-25(24)39-31/h9,11-17,22-23,26,30H,1,10,18-21H2,2-8H3,(H,40,45)/t22-,23-,26+,30-,37-/m1/s1. The fourth-order valence-electron chi connectivity index (χ4n) is 6.33. The van der Waals surface area contributed by atoms with Crippen LogP contribution in [0.2, 0.25) is 0 Å².